The van der Waals surface area contributed by atoms with Crippen LogP contribution in [0.5, 0.6) is 0 Å². The quantitative estimate of drug-likeness (QED) is 0.693. The van der Waals surface area contributed by atoms with E-state index < -0.39 is 0 Å². The molecule has 5 heteroatoms. The molecule has 1 fully saturated rings. The fraction of sp³-hybridized carbons (Fsp3) is 0.435. The molecule has 1 aromatic carbocycles. The number of nitrogens with zero attached hydrogens (tertiary/aromatic N) is 3. The van der Waals surface area contributed by atoms with Gasteiger partial charge in [-0.25, -0.2) is 0 Å². The molecule has 3 aromatic rings. The Kier molecular flexibility index (Phi) is 4.58. The van der Waals surface area contributed by atoms with Crippen LogP contribution in [-0.4, -0.2) is 32.3 Å². The van der Waals surface area contributed by atoms with Crippen LogP contribution in [0.4, 0.5) is 5.82 Å². The van der Waals surface area contributed by atoms with Crippen LogP contribution in [0.15, 0.2) is 42.6 Å². The van der Waals surface area contributed by atoms with Crippen LogP contribution in [0.2, 0.25) is 0 Å². The summed E-state index contributed by atoms with van der Waals surface area (Å²) in [6.07, 6.45) is 3.92. The summed E-state index contributed by atoms with van der Waals surface area (Å²) < 4.78 is 0. The summed E-state index contributed by atoms with van der Waals surface area (Å²) in [5, 5.41) is 17.5. The Morgan fingerprint density at radius 1 is 1.00 bits per heavy atom. The first-order valence-corrected chi connectivity index (χ1v) is 9.96. The second kappa shape index (κ2) is 6.82. The maximum atomic E-state index is 4.52. The van der Waals surface area contributed by atoms with Gasteiger partial charge in [-0.3, -0.25) is 4.98 Å². The minimum atomic E-state index is 0.0960. The topological polar surface area (TPSA) is 62.7 Å². The van der Waals surface area contributed by atoms with Gasteiger partial charge in [0.05, 0.1) is 11.2 Å². The number of nitrogens with one attached hydrogen (secondary N) is 2. The number of hydrogen-bond acceptors (Lipinski definition) is 5. The van der Waals surface area contributed by atoms with Gasteiger partial charge in [0.15, 0.2) is 5.82 Å². The van der Waals surface area contributed by atoms with Gasteiger partial charge in [-0.15, -0.1) is 10.2 Å². The highest BCUT2D eigenvalue weighted by atomic mass is 15.2. The van der Waals surface area contributed by atoms with Crippen molar-refractivity contribution in [3.8, 4) is 11.3 Å². The maximum absolute atomic E-state index is 4.52. The number of pyridine rings is 1. The van der Waals surface area contributed by atoms with E-state index in [2.05, 4.69) is 90.8 Å². The van der Waals surface area contributed by atoms with E-state index >= 15 is 0 Å². The second-order valence-corrected chi connectivity index (χ2v) is 9.31. The van der Waals surface area contributed by atoms with Crippen LogP contribution in [0.3, 0.4) is 0 Å². The van der Waals surface area contributed by atoms with Crippen molar-refractivity contribution in [3.05, 3.63) is 48.2 Å². The van der Waals surface area contributed by atoms with Crippen molar-refractivity contribution in [2.24, 2.45) is 0 Å². The van der Waals surface area contributed by atoms with E-state index in [1.807, 2.05) is 12.3 Å². The fourth-order valence-corrected chi connectivity index (χ4v) is 4.61. The van der Waals surface area contributed by atoms with Gasteiger partial charge in [0, 0.05) is 34.3 Å². The van der Waals surface area contributed by atoms with Crippen molar-refractivity contribution in [2.45, 2.75) is 64.6 Å². The van der Waals surface area contributed by atoms with Gasteiger partial charge in [0.25, 0.3) is 0 Å². The van der Waals surface area contributed by atoms with Crippen LogP contribution in [0.1, 0.15) is 46.1 Å². The molecule has 0 radical (unpaired) electrons. The van der Waals surface area contributed by atoms with E-state index in [1.165, 1.54) is 0 Å². The van der Waals surface area contributed by atoms with Gasteiger partial charge in [-0.05, 0) is 71.2 Å². The lowest BCUT2D eigenvalue weighted by atomic mass is 9.79. The van der Waals surface area contributed by atoms with E-state index in [1.54, 1.807) is 0 Å². The third-order valence-electron chi connectivity index (χ3n) is 5.42. The summed E-state index contributed by atoms with van der Waals surface area (Å²) in [7, 11) is 0. The van der Waals surface area contributed by atoms with Crippen LogP contribution < -0.4 is 10.6 Å². The Labute approximate surface area is 167 Å². The van der Waals surface area contributed by atoms with E-state index in [0.29, 0.717) is 6.04 Å². The summed E-state index contributed by atoms with van der Waals surface area (Å²) in [6, 6.07) is 12.7. The Hall–Kier alpha value is -2.53. The van der Waals surface area contributed by atoms with Crippen LogP contribution in [0, 0.1) is 6.92 Å². The zero-order valence-electron chi connectivity index (χ0n) is 17.4. The summed E-state index contributed by atoms with van der Waals surface area (Å²) in [5.74, 6) is 0.876. The van der Waals surface area contributed by atoms with Gasteiger partial charge >= 0.3 is 0 Å². The highest BCUT2D eigenvalue weighted by Gasteiger charge is 2.37. The third kappa shape index (κ3) is 3.99. The molecule has 1 saturated heterocycles. The van der Waals surface area contributed by atoms with E-state index in [9.17, 15) is 0 Å². The summed E-state index contributed by atoms with van der Waals surface area (Å²) in [4.78, 5) is 4.45. The number of benzene rings is 1. The van der Waals surface area contributed by atoms with Gasteiger partial charge in [0.2, 0.25) is 0 Å². The first-order valence-electron chi connectivity index (χ1n) is 9.96. The average Bonchev–Trinajstić information content (AvgIpc) is 2.60. The molecule has 0 atom stereocenters. The molecule has 4 rings (SSSR count). The lowest BCUT2D eigenvalue weighted by Gasteiger charge is -2.46. The monoisotopic (exact) mass is 375 g/mol. The van der Waals surface area contributed by atoms with Crippen LogP contribution >= 0.6 is 0 Å². The minimum absolute atomic E-state index is 0.0960. The molecule has 0 bridgehead atoms. The third-order valence-corrected chi connectivity index (χ3v) is 5.42. The molecule has 146 valence electrons. The van der Waals surface area contributed by atoms with E-state index in [0.717, 1.165) is 46.4 Å². The van der Waals surface area contributed by atoms with Crippen molar-refractivity contribution < 1.29 is 0 Å². The molecule has 5 nitrogen and oxygen atoms in total. The lowest BCUT2D eigenvalue weighted by Crippen LogP contribution is -2.60. The summed E-state index contributed by atoms with van der Waals surface area (Å²) >= 11 is 0. The zero-order valence-corrected chi connectivity index (χ0v) is 17.4. The summed E-state index contributed by atoms with van der Waals surface area (Å²) in [6.45, 7) is 11.1. The Balaban J connectivity index is 1.57. The minimum Gasteiger partial charge on any atom is -0.365 e. The number of aryl methyl sites for hydroxylation is 1. The molecule has 2 aromatic heterocycles. The van der Waals surface area contributed by atoms with E-state index in [-0.39, 0.29) is 11.1 Å². The predicted octanol–water partition coefficient (Wildman–Crippen LogP) is 4.72. The standard InChI is InChI=1S/C23H29N5/c1-15-11-20(17-9-8-16-7-6-10-24-19(16)12-17)26-27-21(15)25-18-13-22(2,3)28-23(4,5)14-18/h6-12,18,28H,13-14H2,1-5H3,(H,25,27). The molecule has 1 aliphatic heterocycles. The predicted molar refractivity (Wildman–Crippen MR) is 115 cm³/mol. The Bertz CT molecular complexity index is 993. The first kappa shape index (κ1) is 18.8. The van der Waals surface area contributed by atoms with Gasteiger partial charge in [0.1, 0.15) is 0 Å². The summed E-state index contributed by atoms with van der Waals surface area (Å²) in [5.41, 5.74) is 4.19. The Morgan fingerprint density at radius 2 is 1.75 bits per heavy atom. The molecule has 0 unspecified atom stereocenters. The number of aromatic nitrogens is 3. The number of piperidine rings is 1. The molecule has 0 saturated carbocycles. The molecule has 2 N–H and O–H groups in total. The molecular weight excluding hydrogens is 346 g/mol. The van der Waals surface area contributed by atoms with Gasteiger partial charge < -0.3 is 10.6 Å². The van der Waals surface area contributed by atoms with Gasteiger partial charge in [-0.1, -0.05) is 18.2 Å². The number of anilines is 1. The highest BCUT2D eigenvalue weighted by molar-refractivity contribution is 5.83. The van der Waals surface area contributed by atoms with Crippen molar-refractivity contribution >= 4 is 16.7 Å². The molecule has 28 heavy (non-hydrogen) atoms. The molecule has 0 spiro atoms. The largest absolute Gasteiger partial charge is 0.365 e. The molecule has 3 heterocycles. The van der Waals surface area contributed by atoms with Gasteiger partial charge in [-0.2, -0.15) is 0 Å². The van der Waals surface area contributed by atoms with Crippen LogP contribution in [-0.2, 0) is 0 Å². The number of fused-ring (bicyclic) bond motifs is 1. The number of rotatable bonds is 3. The van der Waals surface area contributed by atoms with E-state index in [4.69, 9.17) is 0 Å². The lowest BCUT2D eigenvalue weighted by molar-refractivity contribution is 0.170. The van der Waals surface area contributed by atoms with Crippen molar-refractivity contribution in [3.63, 3.8) is 0 Å². The normalized spacial score (nSPS) is 18.9. The Morgan fingerprint density at radius 3 is 2.46 bits per heavy atom. The maximum Gasteiger partial charge on any atom is 0.151 e. The average molecular weight is 376 g/mol. The molecule has 1 aliphatic rings. The van der Waals surface area contributed by atoms with Crippen molar-refractivity contribution in [2.75, 3.05) is 5.32 Å². The zero-order chi connectivity index (χ0) is 19.9. The number of hydrogen-bond donors (Lipinski definition) is 2. The smallest absolute Gasteiger partial charge is 0.151 e. The van der Waals surface area contributed by atoms with Crippen LogP contribution in [0.25, 0.3) is 22.2 Å². The first-order chi connectivity index (χ1) is 13.2. The van der Waals surface area contributed by atoms with Crippen molar-refractivity contribution in [1.82, 2.24) is 20.5 Å². The fourth-order valence-electron chi connectivity index (χ4n) is 4.61. The molecule has 0 amide bonds. The SMILES string of the molecule is Cc1cc(-c2ccc3cccnc3c2)nnc1NC1CC(C)(C)NC(C)(C)C1. The highest BCUT2D eigenvalue weighted by Crippen LogP contribution is 2.31. The molecule has 0 aliphatic carbocycles. The molecular formula is C23H29N5. The second-order valence-electron chi connectivity index (χ2n) is 9.31. The van der Waals surface area contributed by atoms with Crippen molar-refractivity contribution in [1.29, 1.82) is 0 Å².